The van der Waals surface area contributed by atoms with Crippen LogP contribution in [0.1, 0.15) is 72.5 Å². The average Bonchev–Trinajstić information content (AvgIpc) is 3.29. The molecule has 2 aromatic rings. The minimum absolute atomic E-state index is 0.0735. The van der Waals surface area contributed by atoms with E-state index in [-0.39, 0.29) is 17.2 Å². The molecule has 0 bridgehead atoms. The fourth-order valence-corrected chi connectivity index (χ4v) is 5.66. The molecule has 208 valence electrons. The van der Waals surface area contributed by atoms with Crippen LogP contribution >= 0.6 is 0 Å². The highest BCUT2D eigenvalue weighted by Crippen LogP contribution is 2.43. The number of hydrogen-bond donors (Lipinski definition) is 1. The van der Waals surface area contributed by atoms with E-state index in [2.05, 4.69) is 5.32 Å². The van der Waals surface area contributed by atoms with Gasteiger partial charge in [-0.1, -0.05) is 6.07 Å². The van der Waals surface area contributed by atoms with Gasteiger partial charge in [0.2, 0.25) is 0 Å². The van der Waals surface area contributed by atoms with Crippen LogP contribution in [0, 0.1) is 12.7 Å². The molecule has 4 rings (SSSR count). The Balaban J connectivity index is 1.67. The predicted octanol–water partition coefficient (Wildman–Crippen LogP) is 7.24. The monoisotopic (exact) mass is 545 g/mol. The van der Waals surface area contributed by atoms with Gasteiger partial charge in [-0.15, -0.1) is 0 Å². The van der Waals surface area contributed by atoms with Crippen LogP contribution in [0.5, 0.6) is 0 Å². The quantitative estimate of drug-likeness (QED) is 0.413. The van der Waals surface area contributed by atoms with E-state index in [1.54, 1.807) is 17.9 Å². The lowest BCUT2D eigenvalue weighted by Gasteiger charge is -2.47. The van der Waals surface area contributed by atoms with E-state index in [0.29, 0.717) is 37.1 Å². The van der Waals surface area contributed by atoms with Gasteiger partial charge in [0.25, 0.3) is 0 Å². The van der Waals surface area contributed by atoms with Gasteiger partial charge in [-0.3, -0.25) is 0 Å². The zero-order chi connectivity index (χ0) is 28.0. The maximum atomic E-state index is 13.9. The van der Waals surface area contributed by atoms with E-state index in [0.717, 1.165) is 24.9 Å². The second-order valence-electron chi connectivity index (χ2n) is 10.4. The molecule has 0 unspecified atom stereocenters. The van der Waals surface area contributed by atoms with Gasteiger partial charge in [0.15, 0.2) is 0 Å². The summed E-state index contributed by atoms with van der Waals surface area (Å²) < 4.78 is 94.3. The standard InChI is InChI=1S/C27H30F7N3O/c1-16-11-21(28)5-6-22(16)23-15-25(7-4-9-35-25)8-10-37(23)24(38)36(3)17(2)18-12-19(26(29,30)31)14-20(13-18)27(32,33)34/h5-6,11-14,17,23,35H,4,7-10,15H2,1-3H3/t17-,23-,25+/m1/s1. The van der Waals surface area contributed by atoms with Crippen LogP contribution in [0.2, 0.25) is 0 Å². The minimum Gasteiger partial charge on any atom is -0.321 e. The van der Waals surface area contributed by atoms with Crippen LogP contribution in [-0.2, 0) is 12.4 Å². The number of carbonyl (C=O) groups excluding carboxylic acids is 1. The number of urea groups is 1. The van der Waals surface area contributed by atoms with Crippen LogP contribution in [0.3, 0.4) is 0 Å². The van der Waals surface area contributed by atoms with Gasteiger partial charge >= 0.3 is 18.4 Å². The molecule has 4 nitrogen and oxygen atoms in total. The lowest BCUT2D eigenvalue weighted by Crippen LogP contribution is -2.55. The number of amides is 2. The molecule has 11 heteroatoms. The van der Waals surface area contributed by atoms with E-state index in [4.69, 9.17) is 0 Å². The number of nitrogens with one attached hydrogen (secondary N) is 1. The molecule has 2 aliphatic rings. The molecule has 3 atom stereocenters. The van der Waals surface area contributed by atoms with Crippen molar-refractivity contribution in [2.45, 2.75) is 69.5 Å². The first-order valence-electron chi connectivity index (χ1n) is 12.5. The lowest BCUT2D eigenvalue weighted by atomic mass is 9.79. The molecular formula is C27H30F7N3O. The summed E-state index contributed by atoms with van der Waals surface area (Å²) in [6.07, 6.45) is -6.85. The Morgan fingerprint density at radius 1 is 1.05 bits per heavy atom. The van der Waals surface area contributed by atoms with Crippen molar-refractivity contribution in [1.29, 1.82) is 0 Å². The van der Waals surface area contributed by atoms with Gasteiger partial charge < -0.3 is 15.1 Å². The Hall–Kier alpha value is -2.82. The third kappa shape index (κ3) is 5.62. The second kappa shape index (κ2) is 10.1. The Labute approximate surface area is 216 Å². The van der Waals surface area contributed by atoms with Gasteiger partial charge in [0.1, 0.15) is 5.82 Å². The molecule has 38 heavy (non-hydrogen) atoms. The van der Waals surface area contributed by atoms with E-state index < -0.39 is 47.4 Å². The highest BCUT2D eigenvalue weighted by molar-refractivity contribution is 5.75. The van der Waals surface area contributed by atoms with Crippen molar-refractivity contribution in [1.82, 2.24) is 15.1 Å². The summed E-state index contributed by atoms with van der Waals surface area (Å²) in [5.41, 5.74) is -1.90. The number of piperidine rings is 1. The van der Waals surface area contributed by atoms with E-state index in [9.17, 15) is 35.5 Å². The normalized spacial score (nSPS) is 23.1. The van der Waals surface area contributed by atoms with E-state index >= 15 is 0 Å². The Morgan fingerprint density at radius 2 is 1.68 bits per heavy atom. The number of benzene rings is 2. The Bertz CT molecular complexity index is 1160. The fraction of sp³-hybridized carbons (Fsp3) is 0.519. The molecule has 2 aromatic carbocycles. The molecule has 0 saturated carbocycles. The van der Waals surface area contributed by atoms with Crippen LogP contribution in [-0.4, -0.2) is 41.5 Å². The molecule has 0 aromatic heterocycles. The molecule has 1 spiro atoms. The molecule has 1 N–H and O–H groups in total. The maximum absolute atomic E-state index is 13.9. The highest BCUT2D eigenvalue weighted by atomic mass is 19.4. The topological polar surface area (TPSA) is 35.6 Å². The number of halogens is 7. The highest BCUT2D eigenvalue weighted by Gasteiger charge is 2.45. The van der Waals surface area contributed by atoms with Gasteiger partial charge in [0.05, 0.1) is 23.2 Å². The SMILES string of the molecule is Cc1cc(F)ccc1[C@H]1C[C@]2(CCCN2)CCN1C(=O)N(C)[C@H](C)c1cc(C(F)(F)F)cc(C(F)(F)F)c1. The third-order valence-electron chi connectivity index (χ3n) is 7.94. The second-order valence-corrected chi connectivity index (χ2v) is 10.4. The number of aryl methyl sites for hydroxylation is 1. The summed E-state index contributed by atoms with van der Waals surface area (Å²) in [5.74, 6) is -0.413. The number of alkyl halides is 6. The fourth-order valence-electron chi connectivity index (χ4n) is 5.66. The number of carbonyl (C=O) groups is 1. The van der Waals surface area contributed by atoms with Crippen molar-refractivity contribution in [3.63, 3.8) is 0 Å². The van der Waals surface area contributed by atoms with Gasteiger partial charge in [0, 0.05) is 19.1 Å². The molecule has 2 fully saturated rings. The van der Waals surface area contributed by atoms with Gasteiger partial charge in [-0.05, 0) is 93.1 Å². The summed E-state index contributed by atoms with van der Waals surface area (Å²) in [5, 5.41) is 3.54. The largest absolute Gasteiger partial charge is 0.416 e. The first kappa shape index (κ1) is 28.2. The zero-order valence-electron chi connectivity index (χ0n) is 21.3. The molecule has 2 aliphatic heterocycles. The molecule has 0 aliphatic carbocycles. The summed E-state index contributed by atoms with van der Waals surface area (Å²) in [6, 6.07) is 3.67. The van der Waals surface area contributed by atoms with Crippen LogP contribution in [0.25, 0.3) is 0 Å². The van der Waals surface area contributed by atoms with Crippen molar-refractivity contribution < 1.29 is 35.5 Å². The first-order valence-corrected chi connectivity index (χ1v) is 12.5. The lowest BCUT2D eigenvalue weighted by molar-refractivity contribution is -0.143. The van der Waals surface area contributed by atoms with E-state index in [1.165, 1.54) is 31.0 Å². The zero-order valence-corrected chi connectivity index (χ0v) is 21.3. The Morgan fingerprint density at radius 3 is 2.21 bits per heavy atom. The summed E-state index contributed by atoms with van der Waals surface area (Å²) in [4.78, 5) is 16.5. The molecule has 2 heterocycles. The van der Waals surface area contributed by atoms with Crippen molar-refractivity contribution >= 4 is 6.03 Å². The van der Waals surface area contributed by atoms with Crippen LogP contribution < -0.4 is 5.32 Å². The summed E-state index contributed by atoms with van der Waals surface area (Å²) >= 11 is 0. The third-order valence-corrected chi connectivity index (χ3v) is 7.94. The first-order chi connectivity index (χ1) is 17.6. The van der Waals surface area contributed by atoms with Gasteiger partial charge in [-0.25, -0.2) is 9.18 Å². The minimum atomic E-state index is -4.99. The van der Waals surface area contributed by atoms with Crippen molar-refractivity contribution in [2.24, 2.45) is 0 Å². The maximum Gasteiger partial charge on any atom is 0.416 e. The van der Waals surface area contributed by atoms with E-state index in [1.807, 2.05) is 0 Å². The van der Waals surface area contributed by atoms with Crippen LogP contribution in [0.15, 0.2) is 36.4 Å². The average molecular weight is 546 g/mol. The van der Waals surface area contributed by atoms with Crippen molar-refractivity contribution in [3.8, 4) is 0 Å². The van der Waals surface area contributed by atoms with Crippen molar-refractivity contribution in [2.75, 3.05) is 20.1 Å². The number of hydrogen-bond acceptors (Lipinski definition) is 2. The smallest absolute Gasteiger partial charge is 0.321 e. The molecule has 2 amide bonds. The van der Waals surface area contributed by atoms with Gasteiger partial charge in [-0.2, -0.15) is 26.3 Å². The number of rotatable bonds is 3. The summed E-state index contributed by atoms with van der Waals surface area (Å²) in [6.45, 7) is 4.32. The van der Waals surface area contributed by atoms with Crippen molar-refractivity contribution in [3.05, 3.63) is 70.0 Å². The molecule has 0 radical (unpaired) electrons. The predicted molar refractivity (Wildman–Crippen MR) is 128 cm³/mol. The summed E-state index contributed by atoms with van der Waals surface area (Å²) in [7, 11) is 1.37. The number of likely N-dealkylation sites (tertiary alicyclic amines) is 1. The van der Waals surface area contributed by atoms with Crippen LogP contribution in [0.4, 0.5) is 35.5 Å². The number of nitrogens with zero attached hydrogens (tertiary/aromatic N) is 2. The molecular weight excluding hydrogens is 515 g/mol. The molecule has 2 saturated heterocycles. The Kier molecular flexibility index (Phi) is 7.46.